The third kappa shape index (κ3) is 4.41. The number of aromatic nitrogens is 2. The van der Waals surface area contributed by atoms with Crippen LogP contribution in [-0.2, 0) is 11.3 Å². The molecule has 2 heterocycles. The van der Waals surface area contributed by atoms with Crippen molar-refractivity contribution in [1.82, 2.24) is 18.9 Å². The number of likely N-dealkylation sites (tertiary alicyclic amines) is 1. The van der Waals surface area contributed by atoms with Gasteiger partial charge in [-0.1, -0.05) is 12.1 Å². The zero-order chi connectivity index (χ0) is 20.5. The van der Waals surface area contributed by atoms with Crippen molar-refractivity contribution < 1.29 is 9.53 Å². The van der Waals surface area contributed by atoms with Crippen molar-refractivity contribution in [2.45, 2.75) is 51.8 Å². The second-order valence-electron chi connectivity index (χ2n) is 8.79. The second kappa shape index (κ2) is 7.99. The largest absolute Gasteiger partial charge is 0.444 e. The van der Waals surface area contributed by atoms with Crippen molar-refractivity contribution in [2.75, 3.05) is 33.7 Å². The number of rotatable bonds is 4. The Hall–Kier alpha value is -2.28. The first-order valence-electron chi connectivity index (χ1n) is 10.00. The zero-order valence-corrected chi connectivity index (χ0v) is 17.6. The molecule has 7 nitrogen and oxygen atoms in total. The summed E-state index contributed by atoms with van der Waals surface area (Å²) in [4.78, 5) is 29.4. The number of nitrogens with zero attached hydrogens (tertiary/aromatic N) is 4. The number of imidazole rings is 1. The number of carbonyl (C=O) groups excluding carboxylic acids is 1. The lowest BCUT2D eigenvalue weighted by Gasteiger charge is -2.33. The van der Waals surface area contributed by atoms with Crippen LogP contribution in [0.25, 0.3) is 11.0 Å². The molecule has 1 aromatic heterocycles. The van der Waals surface area contributed by atoms with Gasteiger partial charge in [-0.25, -0.2) is 9.59 Å². The molecule has 1 saturated heterocycles. The maximum atomic E-state index is 13.2. The Morgan fingerprint density at radius 3 is 2.32 bits per heavy atom. The molecular weight excluding hydrogens is 356 g/mol. The highest BCUT2D eigenvalue weighted by Crippen LogP contribution is 2.26. The first-order valence-corrected chi connectivity index (χ1v) is 10.00. The first kappa shape index (κ1) is 20.5. The summed E-state index contributed by atoms with van der Waals surface area (Å²) < 4.78 is 9.28. The summed E-state index contributed by atoms with van der Waals surface area (Å²) >= 11 is 0. The number of hydrogen-bond acceptors (Lipinski definition) is 4. The lowest BCUT2D eigenvalue weighted by atomic mass is 10.0. The average Bonchev–Trinajstić information content (AvgIpc) is 2.90. The maximum Gasteiger partial charge on any atom is 0.410 e. The predicted octanol–water partition coefficient (Wildman–Crippen LogP) is 2.94. The van der Waals surface area contributed by atoms with E-state index in [1.165, 1.54) is 0 Å². The molecule has 3 rings (SSSR count). The molecule has 2 aromatic rings. The van der Waals surface area contributed by atoms with E-state index in [1.54, 1.807) is 4.90 Å². The van der Waals surface area contributed by atoms with Crippen LogP contribution in [0.1, 0.15) is 39.7 Å². The quantitative estimate of drug-likeness (QED) is 0.808. The van der Waals surface area contributed by atoms with Crippen LogP contribution < -0.4 is 5.69 Å². The van der Waals surface area contributed by atoms with E-state index >= 15 is 0 Å². The smallest absolute Gasteiger partial charge is 0.410 e. The molecular formula is C21H32N4O3. The molecule has 0 saturated carbocycles. The van der Waals surface area contributed by atoms with Crippen LogP contribution >= 0.6 is 0 Å². The van der Waals surface area contributed by atoms with Gasteiger partial charge in [-0.3, -0.25) is 9.13 Å². The minimum atomic E-state index is -0.495. The van der Waals surface area contributed by atoms with Gasteiger partial charge in [0.25, 0.3) is 0 Å². The van der Waals surface area contributed by atoms with E-state index in [1.807, 2.05) is 68.3 Å². The van der Waals surface area contributed by atoms with E-state index in [2.05, 4.69) is 4.90 Å². The molecule has 0 spiro atoms. The fraction of sp³-hybridized carbons (Fsp3) is 0.619. The lowest BCUT2D eigenvalue weighted by Crippen LogP contribution is -2.43. The van der Waals surface area contributed by atoms with Crippen LogP contribution in [-0.4, -0.2) is 64.4 Å². The summed E-state index contributed by atoms with van der Waals surface area (Å²) in [6.45, 7) is 8.30. The minimum Gasteiger partial charge on any atom is -0.444 e. The summed E-state index contributed by atoms with van der Waals surface area (Å²) in [7, 11) is 4.02. The van der Waals surface area contributed by atoms with E-state index in [0.717, 1.165) is 30.4 Å². The Bertz CT molecular complexity index is 883. The number of amides is 1. The standard InChI is InChI=1S/C21H32N4O3/c1-21(2,3)28-20(27)23-12-10-16(11-13-23)25-18-9-7-6-8-17(18)24(19(25)26)15-14-22(4)5/h6-9,16H,10-15H2,1-5H3. The van der Waals surface area contributed by atoms with Gasteiger partial charge in [0.05, 0.1) is 11.0 Å². The molecule has 1 aliphatic rings. The van der Waals surface area contributed by atoms with Crippen LogP contribution in [0, 0.1) is 0 Å². The Morgan fingerprint density at radius 2 is 1.75 bits per heavy atom. The molecule has 0 radical (unpaired) electrons. The number of fused-ring (bicyclic) bond motifs is 1. The molecule has 1 amide bonds. The van der Waals surface area contributed by atoms with Gasteiger partial charge in [0.1, 0.15) is 5.60 Å². The topological polar surface area (TPSA) is 59.7 Å². The molecule has 0 atom stereocenters. The van der Waals surface area contributed by atoms with Crippen LogP contribution in [0.15, 0.2) is 29.1 Å². The lowest BCUT2D eigenvalue weighted by molar-refractivity contribution is 0.0188. The number of likely N-dealkylation sites (N-methyl/N-ethyl adjacent to an activating group) is 1. The number of piperidine rings is 1. The van der Waals surface area contributed by atoms with Crippen molar-refractivity contribution >= 4 is 17.1 Å². The molecule has 0 bridgehead atoms. The van der Waals surface area contributed by atoms with Gasteiger partial charge in [0.15, 0.2) is 0 Å². The number of para-hydroxylation sites is 2. The normalized spacial score (nSPS) is 16.1. The number of ether oxygens (including phenoxy) is 1. The molecule has 7 heteroatoms. The molecule has 1 aliphatic heterocycles. The van der Waals surface area contributed by atoms with Crippen molar-refractivity contribution in [3.8, 4) is 0 Å². The molecule has 0 N–H and O–H groups in total. The van der Waals surface area contributed by atoms with E-state index in [0.29, 0.717) is 19.6 Å². The molecule has 1 aromatic carbocycles. The van der Waals surface area contributed by atoms with Gasteiger partial charge in [-0.2, -0.15) is 0 Å². The molecule has 0 unspecified atom stereocenters. The van der Waals surface area contributed by atoms with E-state index in [-0.39, 0.29) is 17.8 Å². The molecule has 1 fully saturated rings. The maximum absolute atomic E-state index is 13.2. The van der Waals surface area contributed by atoms with Crippen molar-refractivity contribution in [2.24, 2.45) is 0 Å². The highest BCUT2D eigenvalue weighted by molar-refractivity contribution is 5.76. The highest BCUT2D eigenvalue weighted by Gasteiger charge is 2.29. The van der Waals surface area contributed by atoms with Gasteiger partial charge in [0.2, 0.25) is 0 Å². The van der Waals surface area contributed by atoms with Crippen LogP contribution in [0.4, 0.5) is 4.79 Å². The van der Waals surface area contributed by atoms with Gasteiger partial charge in [-0.05, 0) is 59.8 Å². The van der Waals surface area contributed by atoms with Crippen molar-refractivity contribution in [1.29, 1.82) is 0 Å². The van der Waals surface area contributed by atoms with E-state index in [4.69, 9.17) is 4.74 Å². The summed E-state index contributed by atoms with van der Waals surface area (Å²) in [6, 6.07) is 8.08. The Balaban J connectivity index is 1.81. The SMILES string of the molecule is CN(C)CCn1c(=O)n(C2CCN(C(=O)OC(C)(C)C)CC2)c2ccccc21. The van der Waals surface area contributed by atoms with Crippen molar-refractivity contribution in [3.63, 3.8) is 0 Å². The Kier molecular flexibility index (Phi) is 5.84. The van der Waals surface area contributed by atoms with Gasteiger partial charge >= 0.3 is 11.8 Å². The van der Waals surface area contributed by atoms with Crippen LogP contribution in [0.3, 0.4) is 0 Å². The molecule has 154 valence electrons. The Labute approximate surface area is 166 Å². The fourth-order valence-electron chi connectivity index (χ4n) is 3.73. The minimum absolute atomic E-state index is 0.0405. The fourth-order valence-corrected chi connectivity index (χ4v) is 3.73. The average molecular weight is 389 g/mol. The third-order valence-electron chi connectivity index (χ3n) is 5.12. The van der Waals surface area contributed by atoms with Gasteiger partial charge in [0, 0.05) is 32.2 Å². The molecule has 28 heavy (non-hydrogen) atoms. The second-order valence-corrected chi connectivity index (χ2v) is 8.79. The monoisotopic (exact) mass is 388 g/mol. The number of hydrogen-bond donors (Lipinski definition) is 0. The van der Waals surface area contributed by atoms with E-state index < -0.39 is 5.60 Å². The summed E-state index contributed by atoms with van der Waals surface area (Å²) in [5, 5.41) is 0. The van der Waals surface area contributed by atoms with Crippen molar-refractivity contribution in [3.05, 3.63) is 34.7 Å². The zero-order valence-electron chi connectivity index (χ0n) is 17.6. The van der Waals surface area contributed by atoms with Crippen LogP contribution in [0.5, 0.6) is 0 Å². The molecule has 0 aliphatic carbocycles. The van der Waals surface area contributed by atoms with Crippen LogP contribution in [0.2, 0.25) is 0 Å². The Morgan fingerprint density at radius 1 is 1.14 bits per heavy atom. The van der Waals surface area contributed by atoms with Gasteiger partial charge in [-0.15, -0.1) is 0 Å². The number of carbonyl (C=O) groups is 1. The van der Waals surface area contributed by atoms with Gasteiger partial charge < -0.3 is 14.5 Å². The summed E-state index contributed by atoms with van der Waals surface area (Å²) in [6.07, 6.45) is 1.23. The third-order valence-corrected chi connectivity index (χ3v) is 5.12. The predicted molar refractivity (Wildman–Crippen MR) is 111 cm³/mol. The first-order chi connectivity index (χ1) is 13.2. The number of benzene rings is 1. The highest BCUT2D eigenvalue weighted by atomic mass is 16.6. The summed E-state index contributed by atoms with van der Waals surface area (Å²) in [5.74, 6) is 0. The van der Waals surface area contributed by atoms with E-state index in [9.17, 15) is 9.59 Å². The summed E-state index contributed by atoms with van der Waals surface area (Å²) in [5.41, 5.74) is 1.50.